The van der Waals surface area contributed by atoms with E-state index in [2.05, 4.69) is 5.32 Å². The molecule has 0 saturated heterocycles. The number of ether oxygens (including phenoxy) is 1. The number of hydrogen-bond acceptors (Lipinski definition) is 6. The number of esters is 1. The standard InChI is InChI=1S/C27H24N2O4S/c1-4-33-27(32)20-10-6-8-12-22(20)29-25(30)23(28-21-11-7-5-9-18(21)3)24(26(29)31)34-19-15-13-17(2)14-16-19/h5-16,28H,4H2,1-3H3. The summed E-state index contributed by atoms with van der Waals surface area (Å²) in [6.45, 7) is 5.79. The molecule has 1 aliphatic heterocycles. The SMILES string of the molecule is CCOC(=O)c1ccccc1N1C(=O)C(Nc2ccccc2C)=C(Sc2ccc(C)cc2)C1=O. The van der Waals surface area contributed by atoms with E-state index in [4.69, 9.17) is 4.74 Å². The zero-order valence-electron chi connectivity index (χ0n) is 19.1. The van der Waals surface area contributed by atoms with Gasteiger partial charge in [-0.25, -0.2) is 9.69 Å². The molecule has 1 aliphatic rings. The molecule has 0 aliphatic carbocycles. The monoisotopic (exact) mass is 472 g/mol. The smallest absolute Gasteiger partial charge is 0.340 e. The first kappa shape index (κ1) is 23.3. The Morgan fingerprint density at radius 1 is 0.912 bits per heavy atom. The molecule has 0 bridgehead atoms. The molecular weight excluding hydrogens is 448 g/mol. The number of nitrogens with zero attached hydrogens (tertiary/aromatic N) is 1. The lowest BCUT2D eigenvalue weighted by Gasteiger charge is -2.18. The van der Waals surface area contributed by atoms with Crippen molar-refractivity contribution in [1.82, 2.24) is 0 Å². The third-order valence-corrected chi connectivity index (χ3v) is 6.42. The van der Waals surface area contributed by atoms with Gasteiger partial charge in [-0.15, -0.1) is 0 Å². The summed E-state index contributed by atoms with van der Waals surface area (Å²) < 4.78 is 5.15. The molecule has 3 aromatic carbocycles. The van der Waals surface area contributed by atoms with Gasteiger partial charge in [-0.1, -0.05) is 59.8 Å². The van der Waals surface area contributed by atoms with E-state index in [1.165, 1.54) is 11.8 Å². The Morgan fingerprint density at radius 2 is 1.59 bits per heavy atom. The first-order valence-corrected chi connectivity index (χ1v) is 11.7. The van der Waals surface area contributed by atoms with Crippen LogP contribution in [0.15, 0.2) is 88.3 Å². The van der Waals surface area contributed by atoms with Crippen LogP contribution in [-0.4, -0.2) is 24.4 Å². The highest BCUT2D eigenvalue weighted by Gasteiger charge is 2.41. The third kappa shape index (κ3) is 4.61. The van der Waals surface area contributed by atoms with Crippen molar-refractivity contribution in [2.45, 2.75) is 25.7 Å². The third-order valence-electron chi connectivity index (χ3n) is 5.33. The molecule has 34 heavy (non-hydrogen) atoms. The molecule has 7 heteroatoms. The first-order valence-electron chi connectivity index (χ1n) is 10.9. The minimum Gasteiger partial charge on any atom is -0.462 e. The molecule has 0 spiro atoms. The summed E-state index contributed by atoms with van der Waals surface area (Å²) >= 11 is 1.22. The van der Waals surface area contributed by atoms with Crippen molar-refractivity contribution in [2.75, 3.05) is 16.8 Å². The van der Waals surface area contributed by atoms with Gasteiger partial charge in [-0.05, 0) is 56.7 Å². The van der Waals surface area contributed by atoms with Crippen LogP contribution >= 0.6 is 11.8 Å². The van der Waals surface area contributed by atoms with Crippen LogP contribution in [-0.2, 0) is 14.3 Å². The Balaban J connectivity index is 1.78. The lowest BCUT2D eigenvalue weighted by atomic mass is 10.1. The number of nitrogens with one attached hydrogen (secondary N) is 1. The Morgan fingerprint density at radius 3 is 2.29 bits per heavy atom. The van der Waals surface area contributed by atoms with E-state index in [0.29, 0.717) is 0 Å². The summed E-state index contributed by atoms with van der Waals surface area (Å²) in [5.41, 5.74) is 3.27. The van der Waals surface area contributed by atoms with Crippen LogP contribution in [0, 0.1) is 13.8 Å². The zero-order valence-corrected chi connectivity index (χ0v) is 19.9. The fourth-order valence-electron chi connectivity index (χ4n) is 3.56. The number of rotatable bonds is 7. The van der Waals surface area contributed by atoms with Crippen LogP contribution in [0.2, 0.25) is 0 Å². The van der Waals surface area contributed by atoms with E-state index in [-0.39, 0.29) is 28.5 Å². The summed E-state index contributed by atoms with van der Waals surface area (Å²) in [6, 6.07) is 21.7. The molecule has 2 amide bonds. The van der Waals surface area contributed by atoms with Gasteiger partial charge in [0.25, 0.3) is 11.8 Å². The average molecular weight is 473 g/mol. The number of thioether (sulfide) groups is 1. The zero-order chi connectivity index (χ0) is 24.2. The van der Waals surface area contributed by atoms with Crippen molar-refractivity contribution in [3.63, 3.8) is 0 Å². The molecule has 0 unspecified atom stereocenters. The van der Waals surface area contributed by atoms with E-state index in [0.717, 1.165) is 26.6 Å². The Bertz CT molecular complexity index is 1300. The van der Waals surface area contributed by atoms with Crippen molar-refractivity contribution in [1.29, 1.82) is 0 Å². The Hall–Kier alpha value is -3.84. The molecule has 0 fully saturated rings. The summed E-state index contributed by atoms with van der Waals surface area (Å²) in [7, 11) is 0. The minimum atomic E-state index is -0.591. The van der Waals surface area contributed by atoms with Crippen LogP contribution in [0.5, 0.6) is 0 Å². The van der Waals surface area contributed by atoms with Crippen molar-refractivity contribution < 1.29 is 19.1 Å². The quantitative estimate of drug-likeness (QED) is 0.363. The van der Waals surface area contributed by atoms with Gasteiger partial charge >= 0.3 is 5.97 Å². The maximum Gasteiger partial charge on any atom is 0.340 e. The average Bonchev–Trinajstić information content (AvgIpc) is 3.06. The minimum absolute atomic E-state index is 0.155. The summed E-state index contributed by atoms with van der Waals surface area (Å²) in [6.07, 6.45) is 0. The van der Waals surface area contributed by atoms with Crippen LogP contribution < -0.4 is 10.2 Å². The first-order chi connectivity index (χ1) is 16.4. The highest BCUT2D eigenvalue weighted by atomic mass is 32.2. The number of carbonyl (C=O) groups excluding carboxylic acids is 3. The molecule has 0 radical (unpaired) electrons. The molecule has 172 valence electrons. The molecule has 0 saturated carbocycles. The van der Waals surface area contributed by atoms with Gasteiger partial charge < -0.3 is 10.1 Å². The molecular formula is C27H24N2O4S. The van der Waals surface area contributed by atoms with Gasteiger partial charge in [0.05, 0.1) is 17.9 Å². The predicted octanol–water partition coefficient (Wildman–Crippen LogP) is 5.47. The summed E-state index contributed by atoms with van der Waals surface area (Å²) in [4.78, 5) is 42.0. The molecule has 0 aromatic heterocycles. The maximum absolute atomic E-state index is 13.6. The molecule has 0 atom stereocenters. The van der Waals surface area contributed by atoms with Gasteiger partial charge in [0.2, 0.25) is 0 Å². The number of amides is 2. The molecule has 4 rings (SSSR count). The maximum atomic E-state index is 13.6. The second-order valence-corrected chi connectivity index (χ2v) is 8.83. The largest absolute Gasteiger partial charge is 0.462 e. The Labute approximate surface area is 202 Å². The van der Waals surface area contributed by atoms with Gasteiger partial charge in [0, 0.05) is 10.6 Å². The molecule has 6 nitrogen and oxygen atoms in total. The van der Waals surface area contributed by atoms with Gasteiger partial charge in [-0.3, -0.25) is 9.59 Å². The fraction of sp³-hybridized carbons (Fsp3) is 0.148. The van der Waals surface area contributed by atoms with E-state index < -0.39 is 17.8 Å². The number of aryl methyl sites for hydroxylation is 2. The normalized spacial score (nSPS) is 13.4. The van der Waals surface area contributed by atoms with Gasteiger partial charge in [0.1, 0.15) is 10.6 Å². The Kier molecular flexibility index (Phi) is 6.84. The van der Waals surface area contributed by atoms with Crippen LogP contribution in [0.1, 0.15) is 28.4 Å². The topological polar surface area (TPSA) is 75.7 Å². The van der Waals surface area contributed by atoms with E-state index >= 15 is 0 Å². The number of para-hydroxylation sites is 2. The second-order valence-electron chi connectivity index (χ2n) is 7.74. The number of imide groups is 1. The van der Waals surface area contributed by atoms with Gasteiger partial charge in [-0.2, -0.15) is 0 Å². The number of anilines is 2. The molecule has 3 aromatic rings. The summed E-state index contributed by atoms with van der Waals surface area (Å²) in [5, 5.41) is 3.18. The number of carbonyl (C=O) groups is 3. The number of hydrogen-bond donors (Lipinski definition) is 1. The van der Waals surface area contributed by atoms with Crippen LogP contribution in [0.25, 0.3) is 0 Å². The van der Waals surface area contributed by atoms with Crippen molar-refractivity contribution >= 4 is 40.9 Å². The van der Waals surface area contributed by atoms with Gasteiger partial charge in [0.15, 0.2) is 0 Å². The fourth-order valence-corrected chi connectivity index (χ4v) is 4.48. The second kappa shape index (κ2) is 9.97. The lowest BCUT2D eigenvalue weighted by Crippen LogP contribution is -2.33. The number of benzene rings is 3. The molecule has 1 heterocycles. The van der Waals surface area contributed by atoms with Crippen LogP contribution in [0.3, 0.4) is 0 Å². The van der Waals surface area contributed by atoms with E-state index in [1.54, 1.807) is 31.2 Å². The lowest BCUT2D eigenvalue weighted by molar-refractivity contribution is -0.120. The van der Waals surface area contributed by atoms with Crippen molar-refractivity contribution in [3.05, 3.63) is 100 Å². The van der Waals surface area contributed by atoms with Crippen LogP contribution in [0.4, 0.5) is 11.4 Å². The van der Waals surface area contributed by atoms with Crippen molar-refractivity contribution in [3.8, 4) is 0 Å². The summed E-state index contributed by atoms with van der Waals surface area (Å²) in [5.74, 6) is -1.62. The highest BCUT2D eigenvalue weighted by molar-refractivity contribution is 8.04. The predicted molar refractivity (Wildman–Crippen MR) is 134 cm³/mol. The van der Waals surface area contributed by atoms with Crippen molar-refractivity contribution in [2.24, 2.45) is 0 Å². The van der Waals surface area contributed by atoms with E-state index in [9.17, 15) is 14.4 Å². The van der Waals surface area contributed by atoms with E-state index in [1.807, 2.05) is 62.4 Å². The highest BCUT2D eigenvalue weighted by Crippen LogP contribution is 2.39. The molecule has 1 N–H and O–H groups in total.